The fourth-order valence-electron chi connectivity index (χ4n) is 3.89. The van der Waals surface area contributed by atoms with Crippen molar-refractivity contribution < 1.29 is 14.7 Å². The van der Waals surface area contributed by atoms with Crippen LogP contribution in [0.15, 0.2) is 60.7 Å². The monoisotopic (exact) mass is 406 g/mol. The second-order valence-electron chi connectivity index (χ2n) is 7.25. The topological polar surface area (TPSA) is 79.3 Å². The Labute approximate surface area is 173 Å². The Hall–Kier alpha value is -2.99. The molecule has 1 aromatic heterocycles. The number of thiazole rings is 1. The number of nitrogens with zero attached hydrogens (tertiary/aromatic N) is 1. The van der Waals surface area contributed by atoms with E-state index >= 15 is 0 Å². The number of aliphatic carboxylic acids is 1. The summed E-state index contributed by atoms with van der Waals surface area (Å²) in [6, 6.07) is 19.8. The molecule has 1 fully saturated rings. The van der Waals surface area contributed by atoms with Crippen LogP contribution >= 0.6 is 11.3 Å². The van der Waals surface area contributed by atoms with E-state index in [2.05, 4.69) is 5.32 Å². The maximum absolute atomic E-state index is 12.9. The molecule has 1 heterocycles. The molecule has 1 amide bonds. The van der Waals surface area contributed by atoms with E-state index in [0.717, 1.165) is 34.5 Å². The van der Waals surface area contributed by atoms with Gasteiger partial charge in [0, 0.05) is 5.56 Å². The highest BCUT2D eigenvalue weighted by molar-refractivity contribution is 7.19. The van der Waals surface area contributed by atoms with Crippen LogP contribution in [-0.2, 0) is 9.59 Å². The number of nitrogens with one attached hydrogen (secondary N) is 1. The number of carboxylic acid groups (broad SMARTS) is 1. The summed E-state index contributed by atoms with van der Waals surface area (Å²) in [7, 11) is 0. The fraction of sp³-hybridized carbons (Fsp3) is 0.261. The lowest BCUT2D eigenvalue weighted by Crippen LogP contribution is -2.36. The average Bonchev–Trinajstić information content (AvgIpc) is 3.18. The Morgan fingerprint density at radius 3 is 2.10 bits per heavy atom. The summed E-state index contributed by atoms with van der Waals surface area (Å²) in [6.07, 6.45) is 2.89. The summed E-state index contributed by atoms with van der Waals surface area (Å²) in [5.41, 5.74) is 2.82. The van der Waals surface area contributed by atoms with E-state index in [0.29, 0.717) is 18.0 Å². The van der Waals surface area contributed by atoms with E-state index in [4.69, 9.17) is 4.98 Å². The number of anilines is 1. The second-order valence-corrected chi connectivity index (χ2v) is 8.25. The number of hydrogen-bond acceptors (Lipinski definition) is 4. The first-order valence-corrected chi connectivity index (χ1v) is 10.6. The highest BCUT2D eigenvalue weighted by atomic mass is 32.1. The number of hydrogen-bond donors (Lipinski definition) is 2. The molecule has 148 valence electrons. The first-order valence-electron chi connectivity index (χ1n) is 9.79. The van der Waals surface area contributed by atoms with Crippen molar-refractivity contribution in [1.82, 2.24) is 4.98 Å². The van der Waals surface area contributed by atoms with Crippen LogP contribution in [0.4, 0.5) is 5.13 Å². The number of aromatic nitrogens is 1. The lowest BCUT2D eigenvalue weighted by molar-refractivity contribution is -0.147. The van der Waals surface area contributed by atoms with Gasteiger partial charge in [-0.1, -0.05) is 84.8 Å². The van der Waals surface area contributed by atoms with Gasteiger partial charge in [0.2, 0.25) is 5.91 Å². The zero-order chi connectivity index (χ0) is 20.2. The van der Waals surface area contributed by atoms with Gasteiger partial charge in [0.1, 0.15) is 0 Å². The Kier molecular flexibility index (Phi) is 5.71. The van der Waals surface area contributed by atoms with Crippen molar-refractivity contribution in [1.29, 1.82) is 0 Å². The Morgan fingerprint density at radius 1 is 0.897 bits per heavy atom. The third-order valence-corrected chi connectivity index (χ3v) is 6.38. The molecule has 0 saturated heterocycles. The summed E-state index contributed by atoms with van der Waals surface area (Å²) >= 11 is 1.42. The fourth-order valence-corrected chi connectivity index (χ4v) is 4.88. The van der Waals surface area contributed by atoms with Crippen LogP contribution in [0.1, 0.15) is 25.7 Å². The van der Waals surface area contributed by atoms with E-state index in [-0.39, 0.29) is 5.91 Å². The number of amides is 1. The van der Waals surface area contributed by atoms with Crippen molar-refractivity contribution in [2.24, 2.45) is 11.8 Å². The summed E-state index contributed by atoms with van der Waals surface area (Å²) < 4.78 is 0. The first-order chi connectivity index (χ1) is 14.1. The molecule has 1 aliphatic carbocycles. The SMILES string of the molecule is O=C(O)C1CCCCC1C(=O)Nc1nc(-c2ccccc2)c(-c2ccccc2)s1. The van der Waals surface area contributed by atoms with E-state index in [1.807, 2.05) is 60.7 Å². The Bertz CT molecular complexity index is 944. The average molecular weight is 407 g/mol. The summed E-state index contributed by atoms with van der Waals surface area (Å²) in [5, 5.41) is 12.9. The first kappa shape index (κ1) is 19.3. The lowest BCUT2D eigenvalue weighted by Gasteiger charge is -2.26. The summed E-state index contributed by atoms with van der Waals surface area (Å²) in [4.78, 5) is 30.1. The summed E-state index contributed by atoms with van der Waals surface area (Å²) in [6.45, 7) is 0. The molecule has 0 spiro atoms. The van der Waals surface area contributed by atoms with Crippen molar-refractivity contribution in [3.05, 3.63) is 60.7 Å². The van der Waals surface area contributed by atoms with Crippen molar-refractivity contribution >= 4 is 28.3 Å². The smallest absolute Gasteiger partial charge is 0.307 e. The van der Waals surface area contributed by atoms with Crippen LogP contribution in [0.5, 0.6) is 0 Å². The van der Waals surface area contributed by atoms with Crippen molar-refractivity contribution in [2.75, 3.05) is 5.32 Å². The molecule has 2 N–H and O–H groups in total. The molecule has 0 radical (unpaired) electrons. The van der Waals surface area contributed by atoms with Crippen molar-refractivity contribution in [3.63, 3.8) is 0 Å². The Balaban J connectivity index is 1.65. The minimum atomic E-state index is -0.890. The van der Waals surface area contributed by atoms with Crippen LogP contribution in [0.2, 0.25) is 0 Å². The Morgan fingerprint density at radius 2 is 1.48 bits per heavy atom. The number of carbonyl (C=O) groups is 2. The van der Waals surface area contributed by atoms with E-state index in [9.17, 15) is 14.7 Å². The van der Waals surface area contributed by atoms with Gasteiger partial charge in [-0.3, -0.25) is 9.59 Å². The van der Waals surface area contributed by atoms with Crippen molar-refractivity contribution in [2.45, 2.75) is 25.7 Å². The van der Waals surface area contributed by atoms with Gasteiger partial charge in [0.25, 0.3) is 0 Å². The second kappa shape index (κ2) is 8.57. The highest BCUT2D eigenvalue weighted by Gasteiger charge is 2.36. The van der Waals surface area contributed by atoms with Gasteiger partial charge in [0.05, 0.1) is 22.4 Å². The summed E-state index contributed by atoms with van der Waals surface area (Å²) in [5.74, 6) is -2.26. The molecule has 6 heteroatoms. The largest absolute Gasteiger partial charge is 0.481 e. The van der Waals surface area contributed by atoms with E-state index in [1.54, 1.807) is 0 Å². The maximum atomic E-state index is 12.9. The molecule has 29 heavy (non-hydrogen) atoms. The maximum Gasteiger partial charge on any atom is 0.307 e. The van der Waals surface area contributed by atoms with Gasteiger partial charge in [-0.05, 0) is 18.4 Å². The molecule has 4 rings (SSSR count). The predicted octanol–water partition coefficient (Wildman–Crippen LogP) is 5.31. The lowest BCUT2D eigenvalue weighted by atomic mass is 9.79. The normalized spacial score (nSPS) is 18.9. The van der Waals surface area contributed by atoms with Crippen LogP contribution in [-0.4, -0.2) is 22.0 Å². The highest BCUT2D eigenvalue weighted by Crippen LogP contribution is 2.39. The van der Waals surface area contributed by atoms with Crippen LogP contribution in [0.25, 0.3) is 21.7 Å². The minimum absolute atomic E-state index is 0.245. The number of carboxylic acids is 1. The molecule has 3 aromatic rings. The van der Waals surface area contributed by atoms with Crippen LogP contribution < -0.4 is 5.32 Å². The number of rotatable bonds is 5. The van der Waals surface area contributed by atoms with Gasteiger partial charge >= 0.3 is 5.97 Å². The molecule has 2 aromatic carbocycles. The number of carbonyl (C=O) groups excluding carboxylic acids is 1. The quantitative estimate of drug-likeness (QED) is 0.602. The molecular weight excluding hydrogens is 384 g/mol. The van der Waals surface area contributed by atoms with Gasteiger partial charge in [-0.15, -0.1) is 0 Å². The van der Waals surface area contributed by atoms with Crippen molar-refractivity contribution in [3.8, 4) is 21.7 Å². The van der Waals surface area contributed by atoms with Gasteiger partial charge in [-0.25, -0.2) is 4.98 Å². The van der Waals surface area contributed by atoms with Crippen LogP contribution in [0, 0.1) is 11.8 Å². The number of benzene rings is 2. The molecule has 1 saturated carbocycles. The zero-order valence-corrected chi connectivity index (χ0v) is 16.7. The van der Waals surface area contributed by atoms with Gasteiger partial charge in [-0.2, -0.15) is 0 Å². The standard InChI is InChI=1S/C23H22N2O3S/c26-21(17-13-7-8-14-18(17)22(27)28)25-23-24-19(15-9-3-1-4-10-15)20(29-23)16-11-5-2-6-12-16/h1-6,9-12,17-18H,7-8,13-14H2,(H,27,28)(H,24,25,26). The van der Waals surface area contributed by atoms with E-state index in [1.165, 1.54) is 11.3 Å². The molecule has 0 aliphatic heterocycles. The third-order valence-electron chi connectivity index (χ3n) is 5.36. The molecular formula is C23H22N2O3S. The molecule has 0 bridgehead atoms. The van der Waals surface area contributed by atoms with Crippen LogP contribution in [0.3, 0.4) is 0 Å². The van der Waals surface area contributed by atoms with Gasteiger partial charge in [0.15, 0.2) is 5.13 Å². The predicted molar refractivity (Wildman–Crippen MR) is 115 cm³/mol. The molecule has 5 nitrogen and oxygen atoms in total. The zero-order valence-electron chi connectivity index (χ0n) is 15.9. The molecule has 2 atom stereocenters. The van der Waals surface area contributed by atoms with Gasteiger partial charge < -0.3 is 10.4 Å². The third kappa shape index (κ3) is 4.22. The minimum Gasteiger partial charge on any atom is -0.481 e. The molecule has 1 aliphatic rings. The molecule has 2 unspecified atom stereocenters. The van der Waals surface area contributed by atoms with E-state index < -0.39 is 17.8 Å².